The standard InChI is InChI=1S/C55H107NO8/c1-3-5-7-9-11-13-15-17-19-20-21-22-23-24-25-26-27-28-29-30-31-33-35-37-39-41-43-45-51(59)56-48(47-63-55-54(62)53(61)52(60)50(46-57)64-55)49(58)44-42-40-38-36-34-32-18-16-14-12-10-8-6-4-2/h42,44,48-50,52-55,57-58,60-62H,3-41,43,45-47H2,1-2H3,(H,56,59)/b44-42+. The minimum absolute atomic E-state index is 0.171. The zero-order valence-corrected chi connectivity index (χ0v) is 42.1. The Balaban J connectivity index is 2.17. The van der Waals surface area contributed by atoms with Gasteiger partial charge >= 0.3 is 0 Å². The van der Waals surface area contributed by atoms with E-state index in [0.29, 0.717) is 6.42 Å². The topological polar surface area (TPSA) is 149 Å². The third kappa shape index (κ3) is 35.1. The van der Waals surface area contributed by atoms with Gasteiger partial charge in [0.25, 0.3) is 0 Å². The average Bonchev–Trinajstić information content (AvgIpc) is 3.29. The molecule has 9 nitrogen and oxygen atoms in total. The lowest BCUT2D eigenvalue weighted by molar-refractivity contribution is -0.302. The van der Waals surface area contributed by atoms with E-state index >= 15 is 0 Å². The number of hydrogen-bond donors (Lipinski definition) is 6. The molecule has 1 aliphatic rings. The Kier molecular flexibility index (Phi) is 43.5. The van der Waals surface area contributed by atoms with E-state index in [1.807, 2.05) is 6.08 Å². The summed E-state index contributed by atoms with van der Waals surface area (Å²) in [7, 11) is 0. The first kappa shape index (κ1) is 60.9. The number of allylic oxidation sites excluding steroid dienone is 1. The van der Waals surface area contributed by atoms with Crippen LogP contribution in [0.25, 0.3) is 0 Å². The fraction of sp³-hybridized carbons (Fsp3) is 0.945. The summed E-state index contributed by atoms with van der Waals surface area (Å²) in [5.41, 5.74) is 0. The fourth-order valence-electron chi connectivity index (χ4n) is 9.16. The Morgan fingerprint density at radius 3 is 1.22 bits per heavy atom. The number of aliphatic hydroxyl groups is 5. The van der Waals surface area contributed by atoms with Gasteiger partial charge in [-0.3, -0.25) is 4.79 Å². The van der Waals surface area contributed by atoms with Gasteiger partial charge in [-0.1, -0.05) is 264 Å². The third-order valence-electron chi connectivity index (χ3n) is 13.6. The molecule has 1 heterocycles. The smallest absolute Gasteiger partial charge is 0.220 e. The molecule has 0 aliphatic carbocycles. The Bertz CT molecular complexity index is 1010. The largest absolute Gasteiger partial charge is 0.394 e. The molecule has 0 aromatic heterocycles. The molecule has 0 spiro atoms. The third-order valence-corrected chi connectivity index (χ3v) is 13.6. The van der Waals surface area contributed by atoms with E-state index in [0.717, 1.165) is 38.5 Å². The maximum absolute atomic E-state index is 13.0. The number of nitrogens with one attached hydrogen (secondary N) is 1. The molecule has 1 rings (SSSR count). The van der Waals surface area contributed by atoms with E-state index in [4.69, 9.17) is 9.47 Å². The summed E-state index contributed by atoms with van der Waals surface area (Å²) in [4.78, 5) is 13.0. The highest BCUT2D eigenvalue weighted by Gasteiger charge is 2.44. The van der Waals surface area contributed by atoms with Gasteiger partial charge in [0, 0.05) is 6.42 Å². The van der Waals surface area contributed by atoms with Crippen LogP contribution in [0.1, 0.15) is 277 Å². The molecule has 9 heteroatoms. The van der Waals surface area contributed by atoms with Gasteiger partial charge in [-0.2, -0.15) is 0 Å². The summed E-state index contributed by atoms with van der Waals surface area (Å²) in [6.07, 6.45) is 48.5. The van der Waals surface area contributed by atoms with Crippen molar-refractivity contribution < 1.29 is 39.8 Å². The minimum atomic E-state index is -1.56. The van der Waals surface area contributed by atoms with Gasteiger partial charge in [0.05, 0.1) is 25.4 Å². The van der Waals surface area contributed by atoms with Gasteiger partial charge in [-0.15, -0.1) is 0 Å². The van der Waals surface area contributed by atoms with E-state index < -0.39 is 49.5 Å². The highest BCUT2D eigenvalue weighted by Crippen LogP contribution is 2.23. The summed E-state index contributed by atoms with van der Waals surface area (Å²) in [5, 5.41) is 54.4. The molecule has 1 saturated heterocycles. The van der Waals surface area contributed by atoms with Gasteiger partial charge in [-0.25, -0.2) is 0 Å². The molecule has 380 valence electrons. The molecule has 0 aromatic rings. The summed E-state index contributed by atoms with van der Waals surface area (Å²) in [6, 6.07) is -0.799. The predicted molar refractivity (Wildman–Crippen MR) is 267 cm³/mol. The lowest BCUT2D eigenvalue weighted by Crippen LogP contribution is -2.60. The van der Waals surface area contributed by atoms with Crippen LogP contribution in [-0.4, -0.2) is 87.5 Å². The van der Waals surface area contributed by atoms with Crippen molar-refractivity contribution in [1.29, 1.82) is 0 Å². The zero-order chi connectivity index (χ0) is 46.6. The Morgan fingerprint density at radius 2 is 0.859 bits per heavy atom. The van der Waals surface area contributed by atoms with Crippen LogP contribution in [0.15, 0.2) is 12.2 Å². The second kappa shape index (κ2) is 45.7. The van der Waals surface area contributed by atoms with E-state index in [-0.39, 0.29) is 12.5 Å². The highest BCUT2D eigenvalue weighted by molar-refractivity contribution is 5.76. The summed E-state index contributed by atoms with van der Waals surface area (Å²) < 4.78 is 11.2. The number of aliphatic hydroxyl groups excluding tert-OH is 5. The molecular weight excluding hydrogens is 803 g/mol. The lowest BCUT2D eigenvalue weighted by Gasteiger charge is -2.40. The molecule has 7 unspecified atom stereocenters. The normalized spacial score (nSPS) is 20.0. The van der Waals surface area contributed by atoms with E-state index in [1.165, 1.54) is 218 Å². The second-order valence-corrected chi connectivity index (χ2v) is 19.7. The van der Waals surface area contributed by atoms with E-state index in [2.05, 4.69) is 19.2 Å². The van der Waals surface area contributed by atoms with Gasteiger partial charge in [-0.05, 0) is 19.3 Å². The molecule has 7 atom stereocenters. The van der Waals surface area contributed by atoms with Crippen LogP contribution in [0.5, 0.6) is 0 Å². The zero-order valence-electron chi connectivity index (χ0n) is 42.1. The molecule has 0 saturated carbocycles. The molecule has 0 aromatic carbocycles. The van der Waals surface area contributed by atoms with Gasteiger partial charge in [0.1, 0.15) is 24.4 Å². The van der Waals surface area contributed by atoms with Gasteiger partial charge < -0.3 is 40.3 Å². The van der Waals surface area contributed by atoms with Crippen molar-refractivity contribution in [2.75, 3.05) is 13.2 Å². The average molecular weight is 910 g/mol. The molecule has 6 N–H and O–H groups in total. The Labute approximate surface area is 395 Å². The molecule has 1 amide bonds. The number of carbonyl (C=O) groups excluding carboxylic acids is 1. The van der Waals surface area contributed by atoms with Crippen molar-refractivity contribution in [2.45, 2.75) is 320 Å². The summed E-state index contributed by atoms with van der Waals surface area (Å²) >= 11 is 0. The maximum atomic E-state index is 13.0. The number of hydrogen-bond acceptors (Lipinski definition) is 8. The van der Waals surface area contributed by atoms with Crippen molar-refractivity contribution in [2.24, 2.45) is 0 Å². The highest BCUT2D eigenvalue weighted by atomic mass is 16.7. The van der Waals surface area contributed by atoms with Gasteiger partial charge in [0.2, 0.25) is 5.91 Å². The van der Waals surface area contributed by atoms with Crippen LogP contribution in [0.2, 0.25) is 0 Å². The van der Waals surface area contributed by atoms with Crippen molar-refractivity contribution in [3.8, 4) is 0 Å². The first-order valence-electron chi connectivity index (χ1n) is 27.9. The number of carbonyl (C=O) groups is 1. The molecule has 64 heavy (non-hydrogen) atoms. The Hall–Kier alpha value is -1.07. The quantitative estimate of drug-likeness (QED) is 0.0261. The first-order valence-corrected chi connectivity index (χ1v) is 27.9. The van der Waals surface area contributed by atoms with Crippen molar-refractivity contribution in [1.82, 2.24) is 5.32 Å². The summed E-state index contributed by atoms with van der Waals surface area (Å²) in [6.45, 7) is 3.81. The van der Waals surface area contributed by atoms with E-state index in [9.17, 15) is 30.3 Å². The monoisotopic (exact) mass is 910 g/mol. The minimum Gasteiger partial charge on any atom is -0.394 e. The number of ether oxygens (including phenoxy) is 2. The number of amides is 1. The lowest BCUT2D eigenvalue weighted by atomic mass is 9.99. The van der Waals surface area contributed by atoms with Crippen LogP contribution in [0.4, 0.5) is 0 Å². The SMILES string of the molecule is CCCCCCCCCCCCCC/C=C/C(O)C(COC1OC(CO)C(O)C(O)C1O)NC(=O)CCCCCCCCCCCCCCCCCCCCCCCCCCCCC. The van der Waals surface area contributed by atoms with Crippen LogP contribution in [0.3, 0.4) is 0 Å². The van der Waals surface area contributed by atoms with Crippen LogP contribution < -0.4 is 5.32 Å². The van der Waals surface area contributed by atoms with Crippen LogP contribution >= 0.6 is 0 Å². The second-order valence-electron chi connectivity index (χ2n) is 19.7. The first-order chi connectivity index (χ1) is 31.3. The maximum Gasteiger partial charge on any atom is 0.220 e. The van der Waals surface area contributed by atoms with Gasteiger partial charge in [0.15, 0.2) is 6.29 Å². The van der Waals surface area contributed by atoms with Crippen LogP contribution in [0, 0.1) is 0 Å². The predicted octanol–water partition coefficient (Wildman–Crippen LogP) is 13.2. The number of rotatable bonds is 48. The van der Waals surface area contributed by atoms with Crippen molar-refractivity contribution >= 4 is 5.91 Å². The van der Waals surface area contributed by atoms with Crippen molar-refractivity contribution in [3.63, 3.8) is 0 Å². The molecule has 0 bridgehead atoms. The fourth-order valence-corrected chi connectivity index (χ4v) is 9.16. The molecule has 1 fully saturated rings. The van der Waals surface area contributed by atoms with E-state index in [1.54, 1.807) is 6.08 Å². The molecule has 0 radical (unpaired) electrons. The molecule has 1 aliphatic heterocycles. The summed E-state index contributed by atoms with van der Waals surface area (Å²) in [5.74, 6) is -0.171. The molecular formula is C55H107NO8. The Morgan fingerprint density at radius 1 is 0.516 bits per heavy atom. The number of unbranched alkanes of at least 4 members (excludes halogenated alkanes) is 38. The van der Waals surface area contributed by atoms with Crippen molar-refractivity contribution in [3.05, 3.63) is 12.2 Å². The van der Waals surface area contributed by atoms with Crippen LogP contribution in [-0.2, 0) is 14.3 Å².